The van der Waals surface area contributed by atoms with Gasteiger partial charge in [0.25, 0.3) is 0 Å². The van der Waals surface area contributed by atoms with Crippen molar-refractivity contribution in [2.24, 2.45) is 11.8 Å². The number of hydrogen-bond acceptors (Lipinski definition) is 3. The van der Waals surface area contributed by atoms with E-state index in [0.29, 0.717) is 0 Å². The van der Waals surface area contributed by atoms with Crippen molar-refractivity contribution in [3.05, 3.63) is 0 Å². The monoisotopic (exact) mass is 228 g/mol. The summed E-state index contributed by atoms with van der Waals surface area (Å²) >= 11 is 0. The van der Waals surface area contributed by atoms with Gasteiger partial charge in [0.1, 0.15) is 5.78 Å². The molecule has 0 amide bonds. The molecule has 1 fully saturated rings. The molecule has 2 atom stereocenters. The molecule has 16 heavy (non-hydrogen) atoms. The average molecular weight is 228 g/mol. The van der Waals surface area contributed by atoms with Crippen LogP contribution in [0.1, 0.15) is 41.0 Å². The fourth-order valence-corrected chi connectivity index (χ4v) is 3.03. The van der Waals surface area contributed by atoms with Gasteiger partial charge >= 0.3 is 5.97 Å². The lowest BCUT2D eigenvalue weighted by atomic mass is 9.73. The number of ketones is 1. The minimum absolute atomic E-state index is 0.00169. The van der Waals surface area contributed by atoms with Crippen molar-refractivity contribution < 1.29 is 19.4 Å². The number of carbonyl (C=O) groups excluding carboxylic acids is 1. The van der Waals surface area contributed by atoms with Crippen molar-refractivity contribution in [2.75, 3.05) is 0 Å². The molecule has 1 saturated heterocycles. The fourth-order valence-electron chi connectivity index (χ4n) is 3.03. The van der Waals surface area contributed by atoms with E-state index in [4.69, 9.17) is 9.84 Å². The molecule has 1 heterocycles. The minimum Gasteiger partial charge on any atom is -0.481 e. The fraction of sp³-hybridized carbons (Fsp3) is 0.833. The Hall–Kier alpha value is -0.900. The van der Waals surface area contributed by atoms with Crippen LogP contribution in [-0.4, -0.2) is 28.1 Å². The molecule has 2 unspecified atom stereocenters. The molecule has 0 bridgehead atoms. The molecule has 1 aliphatic rings. The van der Waals surface area contributed by atoms with Crippen LogP contribution in [0.3, 0.4) is 0 Å². The molecule has 0 aromatic heterocycles. The summed E-state index contributed by atoms with van der Waals surface area (Å²) in [5.41, 5.74) is -1.16. The van der Waals surface area contributed by atoms with Gasteiger partial charge in [-0.25, -0.2) is 0 Å². The Bertz CT molecular complexity index is 317. The third kappa shape index (κ3) is 2.26. The highest BCUT2D eigenvalue weighted by molar-refractivity contribution is 5.81. The van der Waals surface area contributed by atoms with Gasteiger partial charge in [-0.3, -0.25) is 9.59 Å². The number of ether oxygens (including phenoxy) is 1. The zero-order chi connectivity index (χ0) is 12.7. The molecule has 0 radical (unpaired) electrons. The number of aliphatic carboxylic acids is 1. The quantitative estimate of drug-likeness (QED) is 0.801. The van der Waals surface area contributed by atoms with Gasteiger partial charge in [-0.05, 0) is 34.6 Å². The molecular weight excluding hydrogens is 208 g/mol. The van der Waals surface area contributed by atoms with E-state index < -0.39 is 17.2 Å². The highest BCUT2D eigenvalue weighted by Crippen LogP contribution is 2.48. The van der Waals surface area contributed by atoms with Crippen LogP contribution < -0.4 is 0 Å². The van der Waals surface area contributed by atoms with Gasteiger partial charge in [0.2, 0.25) is 0 Å². The molecule has 1 aliphatic heterocycles. The first kappa shape index (κ1) is 13.2. The summed E-state index contributed by atoms with van der Waals surface area (Å²) in [7, 11) is 0. The molecule has 92 valence electrons. The second kappa shape index (κ2) is 3.84. The third-order valence-corrected chi connectivity index (χ3v) is 3.40. The number of carboxylic acid groups (broad SMARTS) is 1. The van der Waals surface area contributed by atoms with Crippen molar-refractivity contribution in [3.63, 3.8) is 0 Å². The van der Waals surface area contributed by atoms with Crippen molar-refractivity contribution in [1.29, 1.82) is 0 Å². The predicted molar refractivity (Wildman–Crippen MR) is 59.2 cm³/mol. The van der Waals surface area contributed by atoms with Crippen LogP contribution in [-0.2, 0) is 14.3 Å². The lowest BCUT2D eigenvalue weighted by molar-refractivity contribution is -0.140. The molecule has 0 spiro atoms. The average Bonchev–Trinajstić information content (AvgIpc) is 2.14. The van der Waals surface area contributed by atoms with E-state index in [2.05, 4.69) is 0 Å². The summed E-state index contributed by atoms with van der Waals surface area (Å²) in [6.07, 6.45) is -0.0271. The predicted octanol–water partition coefficient (Wildman–Crippen LogP) is 1.87. The minimum atomic E-state index is -0.884. The van der Waals surface area contributed by atoms with E-state index in [1.54, 1.807) is 0 Å². The Labute approximate surface area is 96.0 Å². The molecular formula is C12H20O4. The first-order valence-corrected chi connectivity index (χ1v) is 5.50. The highest BCUT2D eigenvalue weighted by Gasteiger charge is 2.56. The van der Waals surface area contributed by atoms with Crippen LogP contribution in [0.25, 0.3) is 0 Å². The SMILES string of the molecule is CC(=O)C1C(CC(=O)O)C(C)(C)OC1(C)C. The van der Waals surface area contributed by atoms with E-state index in [0.717, 1.165) is 0 Å². The summed E-state index contributed by atoms with van der Waals surface area (Å²) in [6, 6.07) is 0. The summed E-state index contributed by atoms with van der Waals surface area (Å²) in [6.45, 7) is 8.91. The number of rotatable bonds is 3. The van der Waals surface area contributed by atoms with Gasteiger partial charge in [-0.2, -0.15) is 0 Å². The Morgan fingerprint density at radius 3 is 2.06 bits per heavy atom. The molecule has 4 heteroatoms. The topological polar surface area (TPSA) is 63.6 Å². The van der Waals surface area contributed by atoms with Crippen molar-refractivity contribution >= 4 is 11.8 Å². The van der Waals surface area contributed by atoms with Crippen LogP contribution in [0.15, 0.2) is 0 Å². The zero-order valence-corrected chi connectivity index (χ0v) is 10.5. The molecule has 0 aliphatic carbocycles. The van der Waals surface area contributed by atoms with E-state index >= 15 is 0 Å². The first-order chi connectivity index (χ1) is 7.08. The molecule has 0 aromatic rings. The van der Waals surface area contributed by atoms with Crippen molar-refractivity contribution in [3.8, 4) is 0 Å². The normalized spacial score (nSPS) is 31.3. The van der Waals surface area contributed by atoms with Gasteiger partial charge < -0.3 is 9.84 Å². The van der Waals surface area contributed by atoms with E-state index in [-0.39, 0.29) is 24.0 Å². The number of hydrogen-bond donors (Lipinski definition) is 1. The third-order valence-electron chi connectivity index (χ3n) is 3.40. The maximum atomic E-state index is 11.7. The molecule has 4 nitrogen and oxygen atoms in total. The molecule has 1 rings (SSSR count). The van der Waals surface area contributed by atoms with Crippen LogP contribution in [0, 0.1) is 11.8 Å². The van der Waals surface area contributed by atoms with Gasteiger partial charge in [0, 0.05) is 5.92 Å². The van der Waals surface area contributed by atoms with E-state index in [1.165, 1.54) is 6.92 Å². The Morgan fingerprint density at radius 1 is 1.19 bits per heavy atom. The zero-order valence-electron chi connectivity index (χ0n) is 10.5. The summed E-state index contributed by atoms with van der Waals surface area (Å²) in [4.78, 5) is 22.5. The van der Waals surface area contributed by atoms with Gasteiger partial charge in [0.05, 0.1) is 23.5 Å². The van der Waals surface area contributed by atoms with Crippen LogP contribution >= 0.6 is 0 Å². The smallest absolute Gasteiger partial charge is 0.303 e. The lowest BCUT2D eigenvalue weighted by Gasteiger charge is -2.26. The molecule has 0 aromatic carbocycles. The highest BCUT2D eigenvalue weighted by atomic mass is 16.5. The second-order valence-electron chi connectivity index (χ2n) is 5.60. The Morgan fingerprint density at radius 2 is 1.69 bits per heavy atom. The lowest BCUT2D eigenvalue weighted by Crippen LogP contribution is -2.36. The summed E-state index contributed by atoms with van der Waals surface area (Å²) in [5, 5.41) is 8.91. The Balaban J connectivity index is 3.08. The largest absolute Gasteiger partial charge is 0.481 e. The first-order valence-electron chi connectivity index (χ1n) is 5.50. The maximum absolute atomic E-state index is 11.7. The number of carbonyl (C=O) groups is 2. The van der Waals surface area contributed by atoms with Gasteiger partial charge in [-0.1, -0.05) is 0 Å². The van der Waals surface area contributed by atoms with Gasteiger partial charge in [-0.15, -0.1) is 0 Å². The van der Waals surface area contributed by atoms with E-state index in [9.17, 15) is 9.59 Å². The van der Waals surface area contributed by atoms with Crippen molar-refractivity contribution in [1.82, 2.24) is 0 Å². The second-order valence-corrected chi connectivity index (χ2v) is 5.60. The van der Waals surface area contributed by atoms with Crippen LogP contribution in [0.5, 0.6) is 0 Å². The standard InChI is InChI=1S/C12H20O4/c1-7(13)10-8(6-9(14)15)11(2,3)16-12(10,4)5/h8,10H,6H2,1-5H3,(H,14,15). The summed E-state index contributed by atoms with van der Waals surface area (Å²) in [5.74, 6) is -1.50. The Kier molecular flexibility index (Phi) is 3.16. The van der Waals surface area contributed by atoms with Crippen molar-refractivity contribution in [2.45, 2.75) is 52.2 Å². The van der Waals surface area contributed by atoms with Crippen LogP contribution in [0.2, 0.25) is 0 Å². The maximum Gasteiger partial charge on any atom is 0.303 e. The number of carboxylic acids is 1. The van der Waals surface area contributed by atoms with E-state index in [1.807, 2.05) is 27.7 Å². The molecule has 1 N–H and O–H groups in total. The van der Waals surface area contributed by atoms with Gasteiger partial charge in [0.15, 0.2) is 0 Å². The molecule has 0 saturated carbocycles. The van der Waals surface area contributed by atoms with Crippen LogP contribution in [0.4, 0.5) is 0 Å². The summed E-state index contributed by atoms with van der Waals surface area (Å²) < 4.78 is 5.84. The number of Topliss-reactive ketones (excluding diaryl/α,β-unsaturated/α-hetero) is 1.